The summed E-state index contributed by atoms with van der Waals surface area (Å²) in [6, 6.07) is 6.98. The van der Waals surface area contributed by atoms with E-state index in [0.717, 1.165) is 16.5 Å². The predicted molar refractivity (Wildman–Crippen MR) is 85.0 cm³/mol. The van der Waals surface area contributed by atoms with Gasteiger partial charge in [-0.15, -0.1) is 0 Å². The standard InChI is InChI=1S/C17H20N2O4/c1-23-17(22)11-6-8-19(9-7-11)15(16(20)21)13-10-18-14-5-3-2-4-12(13)14/h2-5,10-11,15,18H,6-9H2,1H3,(H,20,21)/t15-/m0/s1. The molecule has 1 aromatic carbocycles. The molecule has 23 heavy (non-hydrogen) atoms. The van der Waals surface area contributed by atoms with Gasteiger partial charge in [-0.05, 0) is 18.9 Å². The van der Waals surface area contributed by atoms with Crippen molar-refractivity contribution in [3.8, 4) is 0 Å². The maximum atomic E-state index is 11.9. The summed E-state index contributed by atoms with van der Waals surface area (Å²) in [6.45, 7) is 1.13. The number of ether oxygens (including phenoxy) is 1. The van der Waals surface area contributed by atoms with Gasteiger partial charge in [0, 0.05) is 35.8 Å². The van der Waals surface area contributed by atoms with Crippen LogP contribution >= 0.6 is 0 Å². The van der Waals surface area contributed by atoms with Crippen molar-refractivity contribution < 1.29 is 19.4 Å². The number of likely N-dealkylation sites (tertiary alicyclic amines) is 1. The van der Waals surface area contributed by atoms with Crippen LogP contribution in [0.3, 0.4) is 0 Å². The molecule has 0 amide bonds. The van der Waals surface area contributed by atoms with Crippen molar-refractivity contribution in [2.75, 3.05) is 20.2 Å². The number of para-hydroxylation sites is 1. The lowest BCUT2D eigenvalue weighted by atomic mass is 9.94. The number of fused-ring (bicyclic) bond motifs is 1. The van der Waals surface area contributed by atoms with E-state index in [4.69, 9.17) is 4.74 Å². The molecule has 3 rings (SSSR count). The second kappa shape index (κ2) is 6.42. The van der Waals surface area contributed by atoms with Gasteiger partial charge in [-0.1, -0.05) is 18.2 Å². The number of piperidine rings is 1. The van der Waals surface area contributed by atoms with E-state index in [0.29, 0.717) is 25.9 Å². The van der Waals surface area contributed by atoms with Crippen LogP contribution in [0.4, 0.5) is 0 Å². The Kier molecular flexibility index (Phi) is 4.34. The molecule has 2 heterocycles. The smallest absolute Gasteiger partial charge is 0.325 e. The molecule has 1 fully saturated rings. The Hall–Kier alpha value is -2.34. The number of carbonyl (C=O) groups is 2. The van der Waals surface area contributed by atoms with Crippen LogP contribution in [0.2, 0.25) is 0 Å². The highest BCUT2D eigenvalue weighted by Crippen LogP contribution is 2.32. The highest BCUT2D eigenvalue weighted by molar-refractivity contribution is 5.89. The maximum absolute atomic E-state index is 11.9. The van der Waals surface area contributed by atoms with Crippen molar-refractivity contribution in [2.45, 2.75) is 18.9 Å². The molecule has 1 aliphatic rings. The van der Waals surface area contributed by atoms with Crippen LogP contribution < -0.4 is 0 Å². The highest BCUT2D eigenvalue weighted by atomic mass is 16.5. The van der Waals surface area contributed by atoms with Crippen molar-refractivity contribution in [1.29, 1.82) is 0 Å². The molecule has 6 nitrogen and oxygen atoms in total. The predicted octanol–water partition coefficient (Wildman–Crippen LogP) is 2.18. The number of esters is 1. The third kappa shape index (κ3) is 2.94. The zero-order valence-corrected chi connectivity index (χ0v) is 13.0. The molecule has 1 saturated heterocycles. The lowest BCUT2D eigenvalue weighted by Gasteiger charge is -2.34. The van der Waals surface area contributed by atoms with Gasteiger partial charge in [-0.3, -0.25) is 14.5 Å². The fourth-order valence-electron chi connectivity index (χ4n) is 3.37. The molecule has 2 N–H and O–H groups in total. The number of carboxylic acids is 1. The van der Waals surface area contributed by atoms with Crippen LogP contribution in [0.1, 0.15) is 24.4 Å². The Bertz CT molecular complexity index is 716. The van der Waals surface area contributed by atoms with Gasteiger partial charge in [-0.25, -0.2) is 0 Å². The summed E-state index contributed by atoms with van der Waals surface area (Å²) < 4.78 is 4.78. The third-order valence-electron chi connectivity index (χ3n) is 4.58. The Labute approximate surface area is 134 Å². The zero-order valence-electron chi connectivity index (χ0n) is 13.0. The molecule has 0 saturated carbocycles. The summed E-state index contributed by atoms with van der Waals surface area (Å²) in [5, 5.41) is 10.7. The van der Waals surface area contributed by atoms with Gasteiger partial charge in [0.05, 0.1) is 13.0 Å². The van der Waals surface area contributed by atoms with E-state index >= 15 is 0 Å². The highest BCUT2D eigenvalue weighted by Gasteiger charge is 2.34. The van der Waals surface area contributed by atoms with Crippen molar-refractivity contribution >= 4 is 22.8 Å². The molecule has 0 spiro atoms. The van der Waals surface area contributed by atoms with Gasteiger partial charge >= 0.3 is 11.9 Å². The van der Waals surface area contributed by atoms with E-state index in [1.165, 1.54) is 7.11 Å². The molecule has 0 radical (unpaired) electrons. The van der Waals surface area contributed by atoms with E-state index in [2.05, 4.69) is 4.98 Å². The van der Waals surface area contributed by atoms with Crippen molar-refractivity contribution in [3.05, 3.63) is 36.0 Å². The number of carbonyl (C=O) groups excluding carboxylic acids is 1. The first-order chi connectivity index (χ1) is 11.1. The molecule has 6 heteroatoms. The number of hydrogen-bond donors (Lipinski definition) is 2. The fourth-order valence-corrected chi connectivity index (χ4v) is 3.37. The SMILES string of the molecule is COC(=O)C1CCN([C@H](C(=O)O)c2c[nH]c3ccccc23)CC1. The van der Waals surface area contributed by atoms with Gasteiger partial charge in [0.25, 0.3) is 0 Å². The quantitative estimate of drug-likeness (QED) is 0.845. The van der Waals surface area contributed by atoms with Gasteiger partial charge in [0.1, 0.15) is 6.04 Å². The van der Waals surface area contributed by atoms with E-state index in [9.17, 15) is 14.7 Å². The van der Waals surface area contributed by atoms with Gasteiger partial charge in [0.2, 0.25) is 0 Å². The third-order valence-corrected chi connectivity index (χ3v) is 4.58. The summed E-state index contributed by atoms with van der Waals surface area (Å²) in [5.74, 6) is -1.21. The lowest BCUT2D eigenvalue weighted by Crippen LogP contribution is -2.41. The van der Waals surface area contributed by atoms with Crippen LogP contribution in [0, 0.1) is 5.92 Å². The van der Waals surface area contributed by atoms with Gasteiger partial charge in [0.15, 0.2) is 0 Å². The zero-order chi connectivity index (χ0) is 16.4. The number of methoxy groups -OCH3 is 1. The molecular weight excluding hydrogens is 296 g/mol. The Morgan fingerprint density at radius 2 is 2.00 bits per heavy atom. The Morgan fingerprint density at radius 3 is 2.65 bits per heavy atom. The first-order valence-electron chi connectivity index (χ1n) is 7.72. The topological polar surface area (TPSA) is 82.6 Å². The molecular formula is C17H20N2O4. The van der Waals surface area contributed by atoms with E-state index in [1.54, 1.807) is 6.20 Å². The number of rotatable bonds is 4. The first-order valence-corrected chi connectivity index (χ1v) is 7.72. The van der Waals surface area contributed by atoms with E-state index in [-0.39, 0.29) is 11.9 Å². The van der Waals surface area contributed by atoms with Gasteiger partial charge < -0.3 is 14.8 Å². The number of H-pyrrole nitrogens is 1. The minimum Gasteiger partial charge on any atom is -0.480 e. The molecule has 0 aliphatic carbocycles. The molecule has 1 aliphatic heterocycles. The molecule has 0 bridgehead atoms. The summed E-state index contributed by atoms with van der Waals surface area (Å²) >= 11 is 0. The Balaban J connectivity index is 1.83. The van der Waals surface area contributed by atoms with Gasteiger partial charge in [-0.2, -0.15) is 0 Å². The van der Waals surface area contributed by atoms with Crippen LogP contribution in [0.25, 0.3) is 10.9 Å². The molecule has 1 aromatic heterocycles. The summed E-state index contributed by atoms with van der Waals surface area (Å²) in [4.78, 5) is 28.5. The second-order valence-electron chi connectivity index (χ2n) is 5.86. The number of nitrogens with zero attached hydrogens (tertiary/aromatic N) is 1. The number of hydrogen-bond acceptors (Lipinski definition) is 4. The second-order valence-corrected chi connectivity index (χ2v) is 5.86. The average molecular weight is 316 g/mol. The van der Waals surface area contributed by atoms with Crippen molar-refractivity contribution in [2.24, 2.45) is 5.92 Å². The van der Waals surface area contributed by atoms with E-state index in [1.807, 2.05) is 29.2 Å². The molecule has 122 valence electrons. The molecule has 1 atom stereocenters. The Morgan fingerprint density at radius 1 is 1.30 bits per heavy atom. The van der Waals surface area contributed by atoms with Crippen LogP contribution in [0.15, 0.2) is 30.5 Å². The lowest BCUT2D eigenvalue weighted by molar-refractivity contribution is -0.148. The minimum atomic E-state index is -0.869. The normalized spacial score (nSPS) is 18.0. The minimum absolute atomic E-state index is 0.131. The average Bonchev–Trinajstić information content (AvgIpc) is 2.99. The summed E-state index contributed by atoms with van der Waals surface area (Å²) in [7, 11) is 1.39. The molecule has 0 unspecified atom stereocenters. The first kappa shape index (κ1) is 15.6. The fraction of sp³-hybridized carbons (Fsp3) is 0.412. The summed E-state index contributed by atoms with van der Waals surface area (Å²) in [5.41, 5.74) is 1.70. The van der Waals surface area contributed by atoms with E-state index < -0.39 is 12.0 Å². The number of aromatic nitrogens is 1. The van der Waals surface area contributed by atoms with Crippen molar-refractivity contribution in [1.82, 2.24) is 9.88 Å². The number of carboxylic acid groups (broad SMARTS) is 1. The summed E-state index contributed by atoms with van der Waals surface area (Å²) in [6.07, 6.45) is 3.02. The number of benzene rings is 1. The number of aromatic amines is 1. The van der Waals surface area contributed by atoms with Crippen LogP contribution in [-0.2, 0) is 14.3 Å². The van der Waals surface area contributed by atoms with Crippen LogP contribution in [0.5, 0.6) is 0 Å². The molecule has 2 aromatic rings. The largest absolute Gasteiger partial charge is 0.480 e. The number of aliphatic carboxylic acids is 1. The maximum Gasteiger partial charge on any atom is 0.325 e. The van der Waals surface area contributed by atoms with Crippen molar-refractivity contribution in [3.63, 3.8) is 0 Å². The van der Waals surface area contributed by atoms with Crippen LogP contribution in [-0.4, -0.2) is 47.1 Å². The monoisotopic (exact) mass is 316 g/mol. The number of nitrogens with one attached hydrogen (secondary N) is 1.